The van der Waals surface area contributed by atoms with Crippen LogP contribution in [0.4, 0.5) is 5.69 Å². The molecule has 4 rings (SSSR count). The van der Waals surface area contributed by atoms with Gasteiger partial charge in [-0.25, -0.2) is 0 Å². The van der Waals surface area contributed by atoms with E-state index in [9.17, 15) is 19.7 Å². The quantitative estimate of drug-likeness (QED) is 0.634. The number of nitro benzene ring substituents is 1. The number of nitrogens with zero attached hydrogens (tertiary/aromatic N) is 3. The molecular weight excluding hydrogens is 348 g/mol. The van der Waals surface area contributed by atoms with Crippen LogP contribution in [0.3, 0.4) is 0 Å². The number of fused-ring (bicyclic) bond motifs is 2. The van der Waals surface area contributed by atoms with E-state index in [1.165, 1.54) is 24.3 Å². The molecule has 4 unspecified atom stereocenters. The summed E-state index contributed by atoms with van der Waals surface area (Å²) in [5.74, 6) is 0.859. The highest BCUT2D eigenvalue weighted by molar-refractivity contribution is 5.94. The SMILES string of the molecule is NC1C2CCC(C2)C1C(=O)N1CCN(C(=O)c2ccc([N+](=O)[O-])cc2)CC1. The number of piperazine rings is 1. The average molecular weight is 372 g/mol. The van der Waals surface area contributed by atoms with Gasteiger partial charge in [0.25, 0.3) is 11.6 Å². The minimum Gasteiger partial charge on any atom is -0.339 e. The summed E-state index contributed by atoms with van der Waals surface area (Å²) < 4.78 is 0. The van der Waals surface area contributed by atoms with Gasteiger partial charge >= 0.3 is 0 Å². The lowest BCUT2D eigenvalue weighted by Crippen LogP contribution is -2.54. The fraction of sp³-hybridized carbons (Fsp3) is 0.579. The summed E-state index contributed by atoms with van der Waals surface area (Å²) in [6.07, 6.45) is 3.33. The fourth-order valence-electron chi connectivity index (χ4n) is 4.95. The van der Waals surface area contributed by atoms with Crippen LogP contribution < -0.4 is 5.73 Å². The van der Waals surface area contributed by atoms with E-state index in [0.717, 1.165) is 19.3 Å². The molecule has 2 bridgehead atoms. The van der Waals surface area contributed by atoms with Crippen molar-refractivity contribution in [3.8, 4) is 0 Å². The Morgan fingerprint density at radius 3 is 2.15 bits per heavy atom. The van der Waals surface area contributed by atoms with Gasteiger partial charge in [0.1, 0.15) is 0 Å². The maximum atomic E-state index is 12.9. The molecule has 2 aliphatic carbocycles. The summed E-state index contributed by atoms with van der Waals surface area (Å²) in [7, 11) is 0. The van der Waals surface area contributed by atoms with Crippen molar-refractivity contribution in [1.29, 1.82) is 0 Å². The standard InChI is InChI=1S/C19H24N4O4/c20-17-14-2-1-13(11-14)16(17)19(25)22-9-7-21(8-10-22)18(24)12-3-5-15(6-4-12)23(26)27/h3-6,13-14,16-17H,1-2,7-11,20H2. The van der Waals surface area contributed by atoms with Crippen molar-refractivity contribution in [2.75, 3.05) is 26.2 Å². The highest BCUT2D eigenvalue weighted by Gasteiger charge is 2.50. The number of benzene rings is 1. The normalized spacial score (nSPS) is 29.8. The zero-order valence-corrected chi connectivity index (χ0v) is 15.1. The Hall–Kier alpha value is -2.48. The minimum absolute atomic E-state index is 0.0176. The molecular formula is C19H24N4O4. The third-order valence-electron chi connectivity index (χ3n) is 6.47. The number of carbonyl (C=O) groups is 2. The van der Waals surface area contributed by atoms with Gasteiger partial charge < -0.3 is 15.5 Å². The van der Waals surface area contributed by atoms with Crippen LogP contribution in [0.2, 0.25) is 0 Å². The van der Waals surface area contributed by atoms with E-state index < -0.39 is 4.92 Å². The lowest BCUT2D eigenvalue weighted by Gasteiger charge is -2.38. The number of nitro groups is 1. The molecule has 1 aromatic rings. The van der Waals surface area contributed by atoms with E-state index in [4.69, 9.17) is 5.73 Å². The monoisotopic (exact) mass is 372 g/mol. The van der Waals surface area contributed by atoms with Crippen LogP contribution >= 0.6 is 0 Å². The van der Waals surface area contributed by atoms with Crippen molar-refractivity contribution in [2.24, 2.45) is 23.5 Å². The average Bonchev–Trinajstić information content (AvgIpc) is 3.28. The van der Waals surface area contributed by atoms with Gasteiger partial charge in [-0.2, -0.15) is 0 Å². The van der Waals surface area contributed by atoms with Crippen LogP contribution in [0.25, 0.3) is 0 Å². The number of hydrogen-bond donors (Lipinski definition) is 1. The number of carbonyl (C=O) groups excluding carboxylic acids is 2. The summed E-state index contributed by atoms with van der Waals surface area (Å²) in [6, 6.07) is 5.61. The van der Waals surface area contributed by atoms with Crippen molar-refractivity contribution < 1.29 is 14.5 Å². The first-order valence-electron chi connectivity index (χ1n) is 9.54. The highest BCUT2D eigenvalue weighted by atomic mass is 16.6. The highest BCUT2D eigenvalue weighted by Crippen LogP contribution is 2.48. The Morgan fingerprint density at radius 2 is 1.59 bits per heavy atom. The van der Waals surface area contributed by atoms with Gasteiger partial charge in [-0.1, -0.05) is 0 Å². The number of non-ortho nitro benzene ring substituents is 1. The van der Waals surface area contributed by atoms with Crippen molar-refractivity contribution >= 4 is 17.5 Å². The molecule has 0 spiro atoms. The predicted molar refractivity (Wildman–Crippen MR) is 97.9 cm³/mol. The van der Waals surface area contributed by atoms with Gasteiger partial charge in [0, 0.05) is 49.9 Å². The molecule has 2 N–H and O–H groups in total. The zero-order valence-electron chi connectivity index (χ0n) is 15.1. The van der Waals surface area contributed by atoms with Gasteiger partial charge in [0.05, 0.1) is 10.8 Å². The van der Waals surface area contributed by atoms with E-state index >= 15 is 0 Å². The maximum absolute atomic E-state index is 12.9. The summed E-state index contributed by atoms with van der Waals surface area (Å²) in [4.78, 5) is 39.3. The van der Waals surface area contributed by atoms with Crippen LogP contribution in [-0.2, 0) is 4.79 Å². The summed E-state index contributed by atoms with van der Waals surface area (Å²) in [5.41, 5.74) is 6.69. The second kappa shape index (κ2) is 6.92. The molecule has 8 nitrogen and oxygen atoms in total. The van der Waals surface area contributed by atoms with E-state index in [0.29, 0.717) is 43.6 Å². The van der Waals surface area contributed by atoms with Gasteiger partial charge in [-0.05, 0) is 43.2 Å². The van der Waals surface area contributed by atoms with Crippen LogP contribution in [0.1, 0.15) is 29.6 Å². The van der Waals surface area contributed by atoms with Crippen LogP contribution in [0, 0.1) is 27.9 Å². The Morgan fingerprint density at radius 1 is 1.00 bits per heavy atom. The molecule has 4 atom stereocenters. The Balaban J connectivity index is 1.35. The van der Waals surface area contributed by atoms with E-state index in [1.54, 1.807) is 4.90 Å². The van der Waals surface area contributed by atoms with Crippen molar-refractivity contribution in [3.05, 3.63) is 39.9 Å². The third kappa shape index (κ3) is 3.18. The van der Waals surface area contributed by atoms with Crippen LogP contribution in [-0.4, -0.2) is 58.8 Å². The molecule has 8 heteroatoms. The Kier molecular flexibility index (Phi) is 4.59. The number of amides is 2. The van der Waals surface area contributed by atoms with Crippen molar-refractivity contribution in [1.82, 2.24) is 9.80 Å². The summed E-state index contributed by atoms with van der Waals surface area (Å²) in [5, 5.41) is 10.7. The largest absolute Gasteiger partial charge is 0.339 e. The van der Waals surface area contributed by atoms with Crippen LogP contribution in [0.5, 0.6) is 0 Å². The molecule has 3 fully saturated rings. The number of nitrogens with two attached hydrogens (primary N) is 1. The molecule has 1 aromatic carbocycles. The topological polar surface area (TPSA) is 110 Å². The fourth-order valence-corrected chi connectivity index (χ4v) is 4.95. The van der Waals surface area contributed by atoms with Gasteiger partial charge in [-0.3, -0.25) is 19.7 Å². The Labute approximate surface area is 157 Å². The first-order chi connectivity index (χ1) is 13.0. The van der Waals surface area contributed by atoms with Gasteiger partial charge in [0.15, 0.2) is 0 Å². The van der Waals surface area contributed by atoms with E-state index in [1.807, 2.05) is 4.90 Å². The lowest BCUT2D eigenvalue weighted by atomic mass is 9.84. The molecule has 2 saturated carbocycles. The Bertz CT molecular complexity index is 755. The minimum atomic E-state index is -0.487. The van der Waals surface area contributed by atoms with Gasteiger partial charge in [0.2, 0.25) is 5.91 Å². The molecule has 0 radical (unpaired) electrons. The molecule has 1 saturated heterocycles. The second-order valence-electron chi connectivity index (χ2n) is 7.86. The molecule has 1 heterocycles. The molecule has 3 aliphatic rings. The maximum Gasteiger partial charge on any atom is 0.269 e. The first-order valence-corrected chi connectivity index (χ1v) is 9.54. The first kappa shape index (κ1) is 17.9. The number of hydrogen-bond acceptors (Lipinski definition) is 5. The van der Waals surface area contributed by atoms with E-state index in [-0.39, 0.29) is 29.5 Å². The lowest BCUT2D eigenvalue weighted by molar-refractivity contribution is -0.384. The van der Waals surface area contributed by atoms with Crippen molar-refractivity contribution in [2.45, 2.75) is 25.3 Å². The molecule has 0 aromatic heterocycles. The molecule has 2 amide bonds. The van der Waals surface area contributed by atoms with Crippen LogP contribution in [0.15, 0.2) is 24.3 Å². The van der Waals surface area contributed by atoms with Crippen molar-refractivity contribution in [3.63, 3.8) is 0 Å². The third-order valence-corrected chi connectivity index (χ3v) is 6.47. The summed E-state index contributed by atoms with van der Waals surface area (Å²) >= 11 is 0. The number of rotatable bonds is 3. The zero-order chi connectivity index (χ0) is 19.1. The molecule has 27 heavy (non-hydrogen) atoms. The molecule has 1 aliphatic heterocycles. The second-order valence-corrected chi connectivity index (χ2v) is 7.86. The smallest absolute Gasteiger partial charge is 0.269 e. The van der Waals surface area contributed by atoms with E-state index in [2.05, 4.69) is 0 Å². The molecule has 144 valence electrons. The van der Waals surface area contributed by atoms with Gasteiger partial charge in [-0.15, -0.1) is 0 Å². The predicted octanol–water partition coefficient (Wildman–Crippen LogP) is 1.25. The summed E-state index contributed by atoms with van der Waals surface area (Å²) in [6.45, 7) is 1.96.